The maximum absolute atomic E-state index is 12.0. The molecule has 0 fully saturated rings. The van der Waals surface area contributed by atoms with Crippen LogP contribution in [-0.4, -0.2) is 29.8 Å². The lowest BCUT2D eigenvalue weighted by Crippen LogP contribution is -2.32. The van der Waals surface area contributed by atoms with Crippen molar-refractivity contribution in [2.24, 2.45) is 0 Å². The van der Waals surface area contributed by atoms with Gasteiger partial charge in [0.15, 0.2) is 0 Å². The second-order valence-electron chi connectivity index (χ2n) is 3.05. The number of hydrogen-bond donors (Lipinski definition) is 0. The van der Waals surface area contributed by atoms with Crippen LogP contribution in [0, 0.1) is 0 Å². The van der Waals surface area contributed by atoms with E-state index >= 15 is 0 Å². The van der Waals surface area contributed by atoms with E-state index in [0.29, 0.717) is 29.6 Å². The number of hydrogen-bond acceptors (Lipinski definition) is 1. The fraction of sp³-hybridized carbons (Fsp3) is 0.364. The van der Waals surface area contributed by atoms with Crippen LogP contribution in [0.15, 0.2) is 24.3 Å². The van der Waals surface area contributed by atoms with Gasteiger partial charge in [-0.15, -0.1) is 11.6 Å². The molecular weight excluding hydrogens is 233 g/mol. The van der Waals surface area contributed by atoms with Gasteiger partial charge >= 0.3 is 0 Å². The molecular formula is C11H13Cl2NO. The number of rotatable bonds is 4. The first-order chi connectivity index (χ1) is 7.20. The summed E-state index contributed by atoms with van der Waals surface area (Å²) in [7, 11) is 0. The van der Waals surface area contributed by atoms with Gasteiger partial charge in [0, 0.05) is 19.0 Å². The molecule has 0 bridgehead atoms. The third kappa shape index (κ3) is 3.11. The molecule has 1 rings (SSSR count). The fourth-order valence-corrected chi connectivity index (χ4v) is 1.73. The van der Waals surface area contributed by atoms with Crippen molar-refractivity contribution in [1.82, 2.24) is 4.90 Å². The largest absolute Gasteiger partial charge is 0.338 e. The summed E-state index contributed by atoms with van der Waals surface area (Å²) in [6.07, 6.45) is 0. The van der Waals surface area contributed by atoms with Gasteiger partial charge in [-0.1, -0.05) is 23.7 Å². The minimum absolute atomic E-state index is 0.0660. The van der Waals surface area contributed by atoms with Crippen molar-refractivity contribution in [3.63, 3.8) is 0 Å². The highest BCUT2D eigenvalue weighted by Crippen LogP contribution is 2.16. The topological polar surface area (TPSA) is 20.3 Å². The van der Waals surface area contributed by atoms with Crippen molar-refractivity contribution in [2.75, 3.05) is 19.0 Å². The van der Waals surface area contributed by atoms with Gasteiger partial charge in [0.1, 0.15) is 0 Å². The number of amides is 1. The van der Waals surface area contributed by atoms with E-state index in [-0.39, 0.29) is 5.91 Å². The Morgan fingerprint density at radius 1 is 1.40 bits per heavy atom. The Bertz CT molecular complexity index is 341. The van der Waals surface area contributed by atoms with Crippen molar-refractivity contribution in [3.05, 3.63) is 34.9 Å². The second kappa shape index (κ2) is 5.99. The average Bonchev–Trinajstić information content (AvgIpc) is 2.25. The first-order valence-corrected chi connectivity index (χ1v) is 5.71. The lowest BCUT2D eigenvalue weighted by Gasteiger charge is -2.20. The number of benzene rings is 1. The minimum Gasteiger partial charge on any atom is -0.338 e. The number of carbonyl (C=O) groups is 1. The molecule has 0 saturated heterocycles. The Morgan fingerprint density at radius 2 is 2.07 bits per heavy atom. The van der Waals surface area contributed by atoms with Gasteiger partial charge in [-0.2, -0.15) is 0 Å². The van der Waals surface area contributed by atoms with Crippen LogP contribution in [0.4, 0.5) is 0 Å². The van der Waals surface area contributed by atoms with Crippen LogP contribution in [-0.2, 0) is 0 Å². The highest BCUT2D eigenvalue weighted by Gasteiger charge is 2.15. The Morgan fingerprint density at radius 3 is 2.60 bits per heavy atom. The van der Waals surface area contributed by atoms with Crippen LogP contribution >= 0.6 is 23.2 Å². The summed E-state index contributed by atoms with van der Waals surface area (Å²) >= 11 is 11.6. The molecule has 0 aliphatic carbocycles. The van der Waals surface area contributed by atoms with Crippen LogP contribution in [0.25, 0.3) is 0 Å². The Hall–Kier alpha value is -0.730. The molecule has 1 aromatic carbocycles. The predicted octanol–water partition coefficient (Wildman–Crippen LogP) is 3.04. The second-order valence-corrected chi connectivity index (χ2v) is 3.84. The molecule has 1 amide bonds. The van der Waals surface area contributed by atoms with E-state index in [9.17, 15) is 4.79 Å². The van der Waals surface area contributed by atoms with Crippen molar-refractivity contribution in [3.8, 4) is 0 Å². The Labute approximate surface area is 99.8 Å². The molecule has 0 spiro atoms. The maximum atomic E-state index is 12.0. The lowest BCUT2D eigenvalue weighted by atomic mass is 10.2. The molecule has 0 saturated carbocycles. The Kier molecular flexibility index (Phi) is 4.92. The van der Waals surface area contributed by atoms with Crippen molar-refractivity contribution in [1.29, 1.82) is 0 Å². The molecule has 0 aliphatic heterocycles. The standard InChI is InChI=1S/C11H13Cl2NO/c1-2-14(8-7-12)11(15)9-5-3-4-6-10(9)13/h3-6H,2,7-8H2,1H3. The highest BCUT2D eigenvalue weighted by molar-refractivity contribution is 6.33. The molecule has 0 radical (unpaired) electrons. The monoisotopic (exact) mass is 245 g/mol. The van der Waals surface area contributed by atoms with Crippen LogP contribution in [0.2, 0.25) is 5.02 Å². The van der Waals surface area contributed by atoms with E-state index in [2.05, 4.69) is 0 Å². The van der Waals surface area contributed by atoms with Gasteiger partial charge in [0.25, 0.3) is 5.91 Å². The van der Waals surface area contributed by atoms with Gasteiger partial charge < -0.3 is 4.90 Å². The summed E-state index contributed by atoms with van der Waals surface area (Å²) < 4.78 is 0. The van der Waals surface area contributed by atoms with Crippen LogP contribution in [0.5, 0.6) is 0 Å². The summed E-state index contributed by atoms with van der Waals surface area (Å²) in [4.78, 5) is 13.6. The zero-order valence-corrected chi connectivity index (χ0v) is 10.1. The van der Waals surface area contributed by atoms with Gasteiger partial charge in [-0.3, -0.25) is 4.79 Å². The van der Waals surface area contributed by atoms with Gasteiger partial charge in [0.05, 0.1) is 10.6 Å². The molecule has 4 heteroatoms. The van der Waals surface area contributed by atoms with Gasteiger partial charge in [-0.05, 0) is 19.1 Å². The van der Waals surface area contributed by atoms with Crippen LogP contribution in [0.3, 0.4) is 0 Å². The summed E-state index contributed by atoms with van der Waals surface area (Å²) in [5, 5.41) is 0.482. The molecule has 0 atom stereocenters. The zero-order valence-electron chi connectivity index (χ0n) is 8.54. The third-order valence-electron chi connectivity index (χ3n) is 2.13. The van der Waals surface area contributed by atoms with E-state index in [0.717, 1.165) is 0 Å². The van der Waals surface area contributed by atoms with Crippen LogP contribution < -0.4 is 0 Å². The van der Waals surface area contributed by atoms with E-state index in [1.165, 1.54) is 0 Å². The van der Waals surface area contributed by atoms with Crippen molar-refractivity contribution >= 4 is 29.1 Å². The molecule has 15 heavy (non-hydrogen) atoms. The summed E-state index contributed by atoms with van der Waals surface area (Å²) in [5.41, 5.74) is 0.533. The van der Waals surface area contributed by atoms with Crippen molar-refractivity contribution < 1.29 is 4.79 Å². The maximum Gasteiger partial charge on any atom is 0.255 e. The zero-order chi connectivity index (χ0) is 11.3. The number of nitrogens with zero attached hydrogens (tertiary/aromatic N) is 1. The molecule has 0 N–H and O–H groups in total. The normalized spacial score (nSPS) is 10.1. The average molecular weight is 246 g/mol. The molecule has 0 aromatic heterocycles. The van der Waals surface area contributed by atoms with E-state index < -0.39 is 0 Å². The minimum atomic E-state index is -0.0660. The molecule has 0 heterocycles. The van der Waals surface area contributed by atoms with Gasteiger partial charge in [-0.25, -0.2) is 0 Å². The number of alkyl halides is 1. The van der Waals surface area contributed by atoms with Gasteiger partial charge in [0.2, 0.25) is 0 Å². The number of carbonyl (C=O) groups excluding carboxylic acids is 1. The third-order valence-corrected chi connectivity index (χ3v) is 2.63. The quantitative estimate of drug-likeness (QED) is 0.748. The van der Waals surface area contributed by atoms with Crippen molar-refractivity contribution in [2.45, 2.75) is 6.92 Å². The smallest absolute Gasteiger partial charge is 0.255 e. The summed E-state index contributed by atoms with van der Waals surface area (Å²) in [6, 6.07) is 7.04. The fourth-order valence-electron chi connectivity index (χ4n) is 1.31. The van der Waals surface area contributed by atoms with E-state index in [1.54, 1.807) is 29.2 Å². The predicted molar refractivity (Wildman–Crippen MR) is 63.7 cm³/mol. The lowest BCUT2D eigenvalue weighted by molar-refractivity contribution is 0.0774. The molecule has 0 aliphatic rings. The SMILES string of the molecule is CCN(CCCl)C(=O)c1ccccc1Cl. The first kappa shape index (κ1) is 12.3. The molecule has 0 unspecified atom stereocenters. The summed E-state index contributed by atoms with van der Waals surface area (Å²) in [6.45, 7) is 3.10. The van der Waals surface area contributed by atoms with E-state index in [4.69, 9.17) is 23.2 Å². The van der Waals surface area contributed by atoms with E-state index in [1.807, 2.05) is 6.92 Å². The summed E-state index contributed by atoms with van der Waals surface area (Å²) in [5.74, 6) is 0.369. The molecule has 82 valence electrons. The first-order valence-electron chi connectivity index (χ1n) is 4.80. The number of halogens is 2. The molecule has 2 nitrogen and oxygen atoms in total. The highest BCUT2D eigenvalue weighted by atomic mass is 35.5. The van der Waals surface area contributed by atoms with Crippen LogP contribution in [0.1, 0.15) is 17.3 Å². The Balaban J connectivity index is 2.88. The molecule has 1 aromatic rings.